The lowest BCUT2D eigenvalue weighted by molar-refractivity contribution is 0.0260. The minimum absolute atomic E-state index is 0.350. The molecule has 1 aliphatic rings. The maximum atomic E-state index is 5.61. The average Bonchev–Trinajstić information content (AvgIpc) is 2.14. The van der Waals surface area contributed by atoms with Crippen LogP contribution in [0.4, 0.5) is 0 Å². The Bertz CT molecular complexity index is 206. The van der Waals surface area contributed by atoms with Gasteiger partial charge < -0.3 is 15.0 Å². The summed E-state index contributed by atoms with van der Waals surface area (Å²) < 4.78 is 5.61. The van der Waals surface area contributed by atoms with Gasteiger partial charge >= 0.3 is 0 Å². The van der Waals surface area contributed by atoms with Crippen LogP contribution in [-0.2, 0) is 4.74 Å². The zero-order chi connectivity index (χ0) is 12.8. The van der Waals surface area contributed by atoms with E-state index in [1.165, 1.54) is 12.8 Å². The quantitative estimate of drug-likeness (QED) is 0.705. The van der Waals surface area contributed by atoms with Gasteiger partial charge in [-0.15, -0.1) is 0 Å². The highest BCUT2D eigenvalue weighted by molar-refractivity contribution is 4.89. The van der Waals surface area contributed by atoms with Crippen LogP contribution in [0, 0.1) is 5.92 Å². The van der Waals surface area contributed by atoms with Gasteiger partial charge in [-0.05, 0) is 46.2 Å². The van der Waals surface area contributed by atoms with E-state index >= 15 is 0 Å². The van der Waals surface area contributed by atoms with Crippen molar-refractivity contribution in [2.24, 2.45) is 5.92 Å². The second kappa shape index (κ2) is 7.34. The third kappa shape index (κ3) is 5.36. The Morgan fingerprint density at radius 3 is 2.41 bits per heavy atom. The molecule has 0 spiro atoms. The number of nitrogens with one attached hydrogen (secondary N) is 1. The predicted octanol–water partition coefficient (Wildman–Crippen LogP) is 2.12. The number of rotatable bonds is 8. The molecule has 0 bridgehead atoms. The molecule has 1 aliphatic carbocycles. The Hall–Kier alpha value is -0.120. The Morgan fingerprint density at radius 2 is 1.94 bits per heavy atom. The maximum absolute atomic E-state index is 5.61. The van der Waals surface area contributed by atoms with Crippen molar-refractivity contribution in [1.29, 1.82) is 0 Å². The van der Waals surface area contributed by atoms with Gasteiger partial charge in [0.1, 0.15) is 0 Å². The maximum Gasteiger partial charge on any atom is 0.0596 e. The summed E-state index contributed by atoms with van der Waals surface area (Å²) in [6, 6.07) is 1.36. The standard InChI is InChI=1S/C14H30N2O/c1-11(2)15-10-13-6-7-14(13)16(5)8-9-17-12(3)4/h11-15H,6-10H2,1-5H3. The lowest BCUT2D eigenvalue weighted by Gasteiger charge is -2.43. The first kappa shape index (κ1) is 14.9. The van der Waals surface area contributed by atoms with E-state index in [2.05, 4.69) is 45.0 Å². The van der Waals surface area contributed by atoms with Crippen LogP contribution in [0.3, 0.4) is 0 Å². The van der Waals surface area contributed by atoms with Crippen molar-refractivity contribution in [3.63, 3.8) is 0 Å². The van der Waals surface area contributed by atoms with Crippen LogP contribution in [0.1, 0.15) is 40.5 Å². The molecule has 0 aromatic heterocycles. The van der Waals surface area contributed by atoms with Crippen LogP contribution in [-0.4, -0.2) is 49.8 Å². The first-order valence-electron chi connectivity index (χ1n) is 7.06. The number of ether oxygens (including phenoxy) is 1. The summed E-state index contributed by atoms with van der Waals surface area (Å²) in [6.45, 7) is 11.7. The van der Waals surface area contributed by atoms with Crippen LogP contribution < -0.4 is 5.32 Å². The monoisotopic (exact) mass is 242 g/mol. The van der Waals surface area contributed by atoms with E-state index < -0.39 is 0 Å². The summed E-state index contributed by atoms with van der Waals surface area (Å²) in [6.07, 6.45) is 3.07. The van der Waals surface area contributed by atoms with E-state index in [9.17, 15) is 0 Å². The number of nitrogens with zero attached hydrogens (tertiary/aromatic N) is 1. The van der Waals surface area contributed by atoms with Gasteiger partial charge in [0.05, 0.1) is 12.7 Å². The molecule has 0 aromatic carbocycles. The summed E-state index contributed by atoms with van der Waals surface area (Å²) in [4.78, 5) is 2.47. The SMILES string of the molecule is CC(C)NCC1CCC1N(C)CCOC(C)C. The van der Waals surface area contributed by atoms with Gasteiger partial charge in [0.25, 0.3) is 0 Å². The number of hydrogen-bond acceptors (Lipinski definition) is 3. The normalized spacial score (nSPS) is 24.7. The first-order chi connectivity index (χ1) is 8.00. The molecule has 0 radical (unpaired) electrons. The molecule has 0 heterocycles. The van der Waals surface area contributed by atoms with Crippen molar-refractivity contribution >= 4 is 0 Å². The van der Waals surface area contributed by atoms with Crippen molar-refractivity contribution < 1.29 is 4.74 Å². The molecule has 17 heavy (non-hydrogen) atoms. The summed E-state index contributed by atoms with van der Waals surface area (Å²) >= 11 is 0. The fourth-order valence-electron chi connectivity index (χ4n) is 2.36. The average molecular weight is 242 g/mol. The van der Waals surface area contributed by atoms with Gasteiger partial charge in [-0.25, -0.2) is 0 Å². The van der Waals surface area contributed by atoms with Gasteiger partial charge in [-0.1, -0.05) is 13.8 Å². The molecule has 3 heteroatoms. The third-order valence-electron chi connectivity index (χ3n) is 3.63. The Kier molecular flexibility index (Phi) is 6.45. The highest BCUT2D eigenvalue weighted by atomic mass is 16.5. The van der Waals surface area contributed by atoms with Crippen LogP contribution in [0.5, 0.6) is 0 Å². The fraction of sp³-hybridized carbons (Fsp3) is 1.00. The van der Waals surface area contributed by atoms with E-state index in [0.29, 0.717) is 12.1 Å². The smallest absolute Gasteiger partial charge is 0.0596 e. The fourth-order valence-corrected chi connectivity index (χ4v) is 2.36. The summed E-state index contributed by atoms with van der Waals surface area (Å²) in [5.41, 5.74) is 0. The van der Waals surface area contributed by atoms with Crippen molar-refractivity contribution in [2.45, 2.75) is 58.7 Å². The summed E-state index contributed by atoms with van der Waals surface area (Å²) in [5, 5.41) is 3.55. The van der Waals surface area contributed by atoms with E-state index in [1.54, 1.807) is 0 Å². The molecule has 0 aromatic rings. The molecular formula is C14H30N2O. The minimum atomic E-state index is 0.350. The van der Waals surface area contributed by atoms with Gasteiger partial charge in [0.2, 0.25) is 0 Å². The van der Waals surface area contributed by atoms with E-state index in [0.717, 1.165) is 31.7 Å². The molecule has 1 rings (SSSR count). The lowest BCUT2D eigenvalue weighted by atomic mass is 9.78. The van der Waals surface area contributed by atoms with Crippen molar-refractivity contribution in [3.8, 4) is 0 Å². The molecule has 1 N–H and O–H groups in total. The molecule has 1 saturated carbocycles. The molecule has 0 saturated heterocycles. The zero-order valence-electron chi connectivity index (χ0n) is 12.2. The van der Waals surface area contributed by atoms with Gasteiger partial charge in [0, 0.05) is 18.6 Å². The van der Waals surface area contributed by atoms with Crippen LogP contribution in [0.25, 0.3) is 0 Å². The second-order valence-corrected chi connectivity index (χ2v) is 5.87. The molecule has 0 amide bonds. The van der Waals surface area contributed by atoms with Crippen LogP contribution in [0.2, 0.25) is 0 Å². The summed E-state index contributed by atoms with van der Waals surface area (Å²) in [7, 11) is 2.23. The van der Waals surface area contributed by atoms with Crippen LogP contribution in [0.15, 0.2) is 0 Å². The Labute approximate surface area is 107 Å². The van der Waals surface area contributed by atoms with Crippen molar-refractivity contribution in [1.82, 2.24) is 10.2 Å². The largest absolute Gasteiger partial charge is 0.377 e. The van der Waals surface area contributed by atoms with Gasteiger partial charge in [-0.3, -0.25) is 0 Å². The molecular weight excluding hydrogens is 212 g/mol. The predicted molar refractivity (Wildman–Crippen MR) is 73.4 cm³/mol. The minimum Gasteiger partial charge on any atom is -0.377 e. The number of likely N-dealkylation sites (N-methyl/N-ethyl adjacent to an activating group) is 1. The first-order valence-corrected chi connectivity index (χ1v) is 7.06. The molecule has 2 unspecified atom stereocenters. The second-order valence-electron chi connectivity index (χ2n) is 5.87. The molecule has 3 nitrogen and oxygen atoms in total. The summed E-state index contributed by atoms with van der Waals surface area (Å²) in [5.74, 6) is 0.835. The molecule has 102 valence electrons. The van der Waals surface area contributed by atoms with E-state index in [-0.39, 0.29) is 0 Å². The van der Waals surface area contributed by atoms with Gasteiger partial charge in [-0.2, -0.15) is 0 Å². The molecule has 2 atom stereocenters. The Balaban J connectivity index is 2.16. The van der Waals surface area contributed by atoms with E-state index in [4.69, 9.17) is 4.74 Å². The lowest BCUT2D eigenvalue weighted by Crippen LogP contribution is -2.50. The van der Waals surface area contributed by atoms with Crippen molar-refractivity contribution in [2.75, 3.05) is 26.7 Å². The van der Waals surface area contributed by atoms with Gasteiger partial charge in [0.15, 0.2) is 0 Å². The highest BCUT2D eigenvalue weighted by Crippen LogP contribution is 2.30. The number of hydrogen-bond donors (Lipinski definition) is 1. The third-order valence-corrected chi connectivity index (χ3v) is 3.63. The van der Waals surface area contributed by atoms with Crippen LogP contribution >= 0.6 is 0 Å². The zero-order valence-corrected chi connectivity index (χ0v) is 12.2. The van der Waals surface area contributed by atoms with E-state index in [1.807, 2.05) is 0 Å². The Morgan fingerprint density at radius 1 is 1.24 bits per heavy atom. The molecule has 0 aliphatic heterocycles. The highest BCUT2D eigenvalue weighted by Gasteiger charge is 2.33. The molecule has 1 fully saturated rings. The van der Waals surface area contributed by atoms with Crippen molar-refractivity contribution in [3.05, 3.63) is 0 Å². The topological polar surface area (TPSA) is 24.5 Å².